The molecule has 0 fully saturated rings. The van der Waals surface area contributed by atoms with Gasteiger partial charge in [0.2, 0.25) is 0 Å². The van der Waals surface area contributed by atoms with Gasteiger partial charge in [-0.15, -0.1) is 0 Å². The van der Waals surface area contributed by atoms with Crippen molar-refractivity contribution >= 4 is 5.91 Å². The number of halogens is 1. The SMILES string of the molecule is COCCNCCNC(=O)c1cccc(F)c1. The second kappa shape index (κ2) is 7.76. The average molecular weight is 240 g/mol. The largest absolute Gasteiger partial charge is 0.383 e. The summed E-state index contributed by atoms with van der Waals surface area (Å²) in [5.74, 6) is -0.672. The fraction of sp³-hybridized carbons (Fsp3) is 0.417. The molecule has 2 N–H and O–H groups in total. The van der Waals surface area contributed by atoms with Gasteiger partial charge in [0, 0.05) is 32.3 Å². The maximum atomic E-state index is 12.8. The summed E-state index contributed by atoms with van der Waals surface area (Å²) in [7, 11) is 1.63. The van der Waals surface area contributed by atoms with E-state index in [2.05, 4.69) is 10.6 Å². The van der Waals surface area contributed by atoms with Crippen molar-refractivity contribution in [3.05, 3.63) is 35.6 Å². The molecule has 0 radical (unpaired) electrons. The minimum Gasteiger partial charge on any atom is -0.383 e. The molecular formula is C12H17FN2O2. The fourth-order valence-electron chi connectivity index (χ4n) is 1.30. The number of hydrogen-bond acceptors (Lipinski definition) is 3. The van der Waals surface area contributed by atoms with Crippen molar-refractivity contribution in [2.45, 2.75) is 0 Å². The van der Waals surface area contributed by atoms with Crippen molar-refractivity contribution in [3.63, 3.8) is 0 Å². The molecular weight excluding hydrogens is 223 g/mol. The number of carbonyl (C=O) groups excluding carboxylic acids is 1. The molecule has 0 atom stereocenters. The molecule has 0 aliphatic rings. The minimum absolute atomic E-state index is 0.266. The lowest BCUT2D eigenvalue weighted by Gasteiger charge is -2.06. The first-order valence-corrected chi connectivity index (χ1v) is 5.47. The maximum absolute atomic E-state index is 12.8. The molecule has 5 heteroatoms. The second-order valence-corrected chi connectivity index (χ2v) is 3.51. The summed E-state index contributed by atoms with van der Waals surface area (Å²) in [5, 5.41) is 5.78. The smallest absolute Gasteiger partial charge is 0.251 e. The van der Waals surface area contributed by atoms with Gasteiger partial charge >= 0.3 is 0 Å². The van der Waals surface area contributed by atoms with E-state index < -0.39 is 5.82 Å². The normalized spacial score (nSPS) is 10.2. The van der Waals surface area contributed by atoms with E-state index in [-0.39, 0.29) is 5.91 Å². The Morgan fingerprint density at radius 3 is 2.88 bits per heavy atom. The van der Waals surface area contributed by atoms with Crippen LogP contribution in [0.1, 0.15) is 10.4 Å². The van der Waals surface area contributed by atoms with Crippen molar-refractivity contribution in [1.29, 1.82) is 0 Å². The molecule has 0 bridgehead atoms. The molecule has 0 aromatic heterocycles. The molecule has 0 saturated carbocycles. The topological polar surface area (TPSA) is 50.4 Å². The molecule has 1 aromatic carbocycles. The molecule has 1 aromatic rings. The van der Waals surface area contributed by atoms with Crippen LogP contribution in [0.25, 0.3) is 0 Å². The predicted octanol–water partition coefficient (Wildman–Crippen LogP) is 0.791. The van der Waals surface area contributed by atoms with Gasteiger partial charge in [-0.2, -0.15) is 0 Å². The number of rotatable bonds is 7. The molecule has 0 aliphatic carbocycles. The third-order valence-electron chi connectivity index (χ3n) is 2.16. The standard InChI is InChI=1S/C12H17FN2O2/c1-17-8-7-14-5-6-15-12(16)10-3-2-4-11(13)9-10/h2-4,9,14H,5-8H2,1H3,(H,15,16). The summed E-state index contributed by atoms with van der Waals surface area (Å²) < 4.78 is 17.7. The monoisotopic (exact) mass is 240 g/mol. The van der Waals surface area contributed by atoms with Crippen LogP contribution in [0.3, 0.4) is 0 Å². The fourth-order valence-corrected chi connectivity index (χ4v) is 1.30. The van der Waals surface area contributed by atoms with E-state index in [9.17, 15) is 9.18 Å². The van der Waals surface area contributed by atoms with Gasteiger partial charge < -0.3 is 15.4 Å². The van der Waals surface area contributed by atoms with E-state index in [4.69, 9.17) is 4.74 Å². The first kappa shape index (κ1) is 13.6. The number of amides is 1. The molecule has 1 rings (SSSR count). The summed E-state index contributed by atoms with van der Waals surface area (Å²) >= 11 is 0. The lowest BCUT2D eigenvalue weighted by molar-refractivity contribution is 0.0953. The Morgan fingerprint density at radius 1 is 1.35 bits per heavy atom. The van der Waals surface area contributed by atoms with Gasteiger partial charge in [-0.05, 0) is 18.2 Å². The number of nitrogens with one attached hydrogen (secondary N) is 2. The highest BCUT2D eigenvalue weighted by molar-refractivity contribution is 5.94. The van der Waals surface area contributed by atoms with Gasteiger partial charge in [0.1, 0.15) is 5.82 Å². The number of hydrogen-bond donors (Lipinski definition) is 2. The van der Waals surface area contributed by atoms with Crippen LogP contribution in [-0.4, -0.2) is 39.3 Å². The highest BCUT2D eigenvalue weighted by atomic mass is 19.1. The molecule has 0 aliphatic heterocycles. The van der Waals surface area contributed by atoms with Gasteiger partial charge in [0.05, 0.1) is 6.61 Å². The quantitative estimate of drug-likeness (QED) is 0.693. The number of ether oxygens (including phenoxy) is 1. The summed E-state index contributed by atoms with van der Waals surface area (Å²) in [6, 6.07) is 5.62. The molecule has 17 heavy (non-hydrogen) atoms. The van der Waals surface area contributed by atoms with Crippen LogP contribution in [0.5, 0.6) is 0 Å². The van der Waals surface area contributed by atoms with Crippen molar-refractivity contribution in [2.75, 3.05) is 33.4 Å². The zero-order valence-electron chi connectivity index (χ0n) is 9.83. The van der Waals surface area contributed by atoms with Crippen LogP contribution in [0.15, 0.2) is 24.3 Å². The Labute approximate surface area is 100 Å². The first-order valence-electron chi connectivity index (χ1n) is 5.47. The van der Waals surface area contributed by atoms with Crippen molar-refractivity contribution in [3.8, 4) is 0 Å². The summed E-state index contributed by atoms with van der Waals surface area (Å²) in [4.78, 5) is 11.6. The Morgan fingerprint density at radius 2 is 2.18 bits per heavy atom. The maximum Gasteiger partial charge on any atom is 0.251 e. The number of methoxy groups -OCH3 is 1. The Balaban J connectivity index is 2.21. The van der Waals surface area contributed by atoms with Crippen LogP contribution in [0, 0.1) is 5.82 Å². The zero-order valence-corrected chi connectivity index (χ0v) is 9.83. The van der Waals surface area contributed by atoms with E-state index in [1.807, 2.05) is 0 Å². The number of benzene rings is 1. The lowest BCUT2D eigenvalue weighted by atomic mass is 10.2. The Bertz CT molecular complexity index is 358. The highest BCUT2D eigenvalue weighted by Crippen LogP contribution is 2.02. The van der Waals surface area contributed by atoms with E-state index in [1.165, 1.54) is 18.2 Å². The van der Waals surface area contributed by atoms with E-state index in [0.29, 0.717) is 25.3 Å². The van der Waals surface area contributed by atoms with Crippen LogP contribution in [-0.2, 0) is 4.74 Å². The molecule has 0 saturated heterocycles. The number of carbonyl (C=O) groups is 1. The van der Waals surface area contributed by atoms with Crippen molar-refractivity contribution in [2.24, 2.45) is 0 Å². The van der Waals surface area contributed by atoms with E-state index >= 15 is 0 Å². The van der Waals surface area contributed by atoms with Gasteiger partial charge in [-0.1, -0.05) is 6.07 Å². The highest BCUT2D eigenvalue weighted by Gasteiger charge is 2.04. The molecule has 94 valence electrons. The molecule has 4 nitrogen and oxygen atoms in total. The Kier molecular flexibility index (Phi) is 6.21. The first-order chi connectivity index (χ1) is 8.24. The van der Waals surface area contributed by atoms with E-state index in [1.54, 1.807) is 13.2 Å². The lowest BCUT2D eigenvalue weighted by Crippen LogP contribution is -2.33. The van der Waals surface area contributed by atoms with Gasteiger partial charge in [-0.3, -0.25) is 4.79 Å². The molecule has 0 unspecified atom stereocenters. The second-order valence-electron chi connectivity index (χ2n) is 3.51. The Hall–Kier alpha value is -1.46. The van der Waals surface area contributed by atoms with Crippen molar-refractivity contribution in [1.82, 2.24) is 10.6 Å². The van der Waals surface area contributed by atoms with Crippen molar-refractivity contribution < 1.29 is 13.9 Å². The zero-order chi connectivity index (χ0) is 12.5. The summed E-state index contributed by atoms with van der Waals surface area (Å²) in [5.41, 5.74) is 0.335. The van der Waals surface area contributed by atoms with E-state index in [0.717, 1.165) is 6.54 Å². The third kappa shape index (κ3) is 5.42. The molecule has 1 amide bonds. The van der Waals surface area contributed by atoms with Gasteiger partial charge in [0.25, 0.3) is 5.91 Å². The third-order valence-corrected chi connectivity index (χ3v) is 2.16. The van der Waals surface area contributed by atoms with Gasteiger partial charge in [-0.25, -0.2) is 4.39 Å². The molecule has 0 spiro atoms. The molecule has 0 heterocycles. The van der Waals surface area contributed by atoms with Crippen LogP contribution >= 0.6 is 0 Å². The summed E-state index contributed by atoms with van der Waals surface area (Å²) in [6.45, 7) is 2.54. The predicted molar refractivity (Wildman–Crippen MR) is 63.5 cm³/mol. The van der Waals surface area contributed by atoms with Crippen LogP contribution in [0.2, 0.25) is 0 Å². The minimum atomic E-state index is -0.407. The summed E-state index contributed by atoms with van der Waals surface area (Å²) in [6.07, 6.45) is 0. The van der Waals surface area contributed by atoms with Gasteiger partial charge in [0.15, 0.2) is 0 Å². The van der Waals surface area contributed by atoms with Crippen LogP contribution in [0.4, 0.5) is 4.39 Å². The average Bonchev–Trinajstić information content (AvgIpc) is 2.33. The van der Waals surface area contributed by atoms with Crippen LogP contribution < -0.4 is 10.6 Å².